The second-order valence-corrected chi connectivity index (χ2v) is 6.22. The average molecular weight is 362 g/mol. The van der Waals surface area contributed by atoms with Crippen LogP contribution < -0.4 is 9.64 Å². The highest BCUT2D eigenvalue weighted by Crippen LogP contribution is 2.32. The molecule has 3 rings (SSSR count). The van der Waals surface area contributed by atoms with Gasteiger partial charge >= 0.3 is 0 Å². The highest BCUT2D eigenvalue weighted by atomic mass is 16.5. The van der Waals surface area contributed by atoms with Gasteiger partial charge in [0.05, 0.1) is 12.2 Å². The zero-order chi connectivity index (χ0) is 19.2. The molecule has 2 aromatic carbocycles. The number of fused-ring (bicyclic) bond motifs is 1. The third-order valence-electron chi connectivity index (χ3n) is 4.34. The number of nitrogens with zero attached hydrogens (tertiary/aromatic N) is 2. The van der Waals surface area contributed by atoms with Crippen molar-refractivity contribution < 1.29 is 14.3 Å². The van der Waals surface area contributed by atoms with Crippen LogP contribution in [0.5, 0.6) is 5.75 Å². The fraction of sp³-hybridized carbons (Fsp3) is 0.182. The molecule has 0 N–H and O–H groups in total. The highest BCUT2D eigenvalue weighted by Gasteiger charge is 2.25. The number of hydrogen-bond acceptors (Lipinski definition) is 3. The Labute approximate surface area is 159 Å². The topological polar surface area (TPSA) is 49.9 Å². The average Bonchev–Trinajstić information content (AvgIpc) is 2.70. The minimum absolute atomic E-state index is 0.0334. The lowest BCUT2D eigenvalue weighted by molar-refractivity contribution is -0.121. The minimum atomic E-state index is -0.0861. The third kappa shape index (κ3) is 4.08. The van der Waals surface area contributed by atoms with Crippen molar-refractivity contribution in [3.8, 4) is 5.75 Å². The number of ether oxygens (including phenoxy) is 1. The molecule has 1 heterocycles. The summed E-state index contributed by atoms with van der Waals surface area (Å²) >= 11 is 0. The number of hydrogen-bond donors (Lipinski definition) is 0. The molecule has 0 spiro atoms. The Hall–Kier alpha value is -3.34. The van der Waals surface area contributed by atoms with Crippen molar-refractivity contribution in [1.82, 2.24) is 4.90 Å². The molecule has 0 aliphatic carbocycles. The van der Waals surface area contributed by atoms with Gasteiger partial charge in [0.25, 0.3) is 11.8 Å². The van der Waals surface area contributed by atoms with Gasteiger partial charge in [0.1, 0.15) is 5.75 Å². The van der Waals surface area contributed by atoms with Crippen LogP contribution in [-0.2, 0) is 11.3 Å². The maximum atomic E-state index is 12.6. The van der Waals surface area contributed by atoms with Crippen LogP contribution in [-0.4, -0.2) is 36.4 Å². The minimum Gasteiger partial charge on any atom is -0.482 e. The van der Waals surface area contributed by atoms with Crippen LogP contribution in [0.4, 0.5) is 5.69 Å². The summed E-state index contributed by atoms with van der Waals surface area (Å²) in [4.78, 5) is 28.3. The van der Waals surface area contributed by atoms with Crippen molar-refractivity contribution in [3.63, 3.8) is 0 Å². The van der Waals surface area contributed by atoms with Crippen LogP contribution >= 0.6 is 0 Å². The summed E-state index contributed by atoms with van der Waals surface area (Å²) in [5.74, 6) is 0.541. The highest BCUT2D eigenvalue weighted by molar-refractivity contribution is 5.98. The van der Waals surface area contributed by atoms with Crippen molar-refractivity contribution in [1.29, 1.82) is 0 Å². The molecule has 2 aromatic rings. The second-order valence-electron chi connectivity index (χ2n) is 6.22. The molecule has 2 amide bonds. The van der Waals surface area contributed by atoms with Gasteiger partial charge in [-0.25, -0.2) is 0 Å². The van der Waals surface area contributed by atoms with E-state index in [2.05, 4.69) is 13.2 Å². The lowest BCUT2D eigenvalue weighted by Crippen LogP contribution is -2.38. The van der Waals surface area contributed by atoms with E-state index < -0.39 is 0 Å². The first kappa shape index (κ1) is 18.5. The molecule has 1 aliphatic rings. The predicted octanol–water partition coefficient (Wildman–Crippen LogP) is 3.43. The van der Waals surface area contributed by atoms with E-state index in [0.29, 0.717) is 30.9 Å². The number of para-hydroxylation sites is 2. The van der Waals surface area contributed by atoms with Gasteiger partial charge in [-0.1, -0.05) is 36.4 Å². The number of rotatable bonds is 7. The molecule has 5 heteroatoms. The maximum Gasteiger partial charge on any atom is 0.265 e. The fourth-order valence-electron chi connectivity index (χ4n) is 3.00. The molecule has 5 nitrogen and oxygen atoms in total. The van der Waals surface area contributed by atoms with Gasteiger partial charge in [-0.2, -0.15) is 0 Å². The summed E-state index contributed by atoms with van der Waals surface area (Å²) in [7, 11) is 0. The fourth-order valence-corrected chi connectivity index (χ4v) is 3.00. The molecular weight excluding hydrogens is 340 g/mol. The molecule has 0 saturated heterocycles. The summed E-state index contributed by atoms with van der Waals surface area (Å²) in [6.07, 6.45) is 3.38. The van der Waals surface area contributed by atoms with Gasteiger partial charge < -0.3 is 14.5 Å². The van der Waals surface area contributed by atoms with E-state index in [4.69, 9.17) is 4.74 Å². The van der Waals surface area contributed by atoms with Crippen LogP contribution in [0, 0.1) is 0 Å². The van der Waals surface area contributed by atoms with E-state index in [-0.39, 0.29) is 18.4 Å². The summed E-state index contributed by atoms with van der Waals surface area (Å²) in [6, 6.07) is 14.8. The summed E-state index contributed by atoms with van der Waals surface area (Å²) in [6.45, 7) is 8.76. The second kappa shape index (κ2) is 8.36. The lowest BCUT2D eigenvalue weighted by atomic mass is 10.1. The van der Waals surface area contributed by atoms with Crippen LogP contribution in [0.15, 0.2) is 73.8 Å². The number of anilines is 1. The molecule has 1 aliphatic heterocycles. The van der Waals surface area contributed by atoms with E-state index in [1.165, 1.54) is 0 Å². The van der Waals surface area contributed by atoms with Gasteiger partial charge in [-0.05, 0) is 29.8 Å². The summed E-state index contributed by atoms with van der Waals surface area (Å²) < 4.78 is 5.47. The van der Waals surface area contributed by atoms with Crippen molar-refractivity contribution in [2.45, 2.75) is 6.54 Å². The number of carbonyl (C=O) groups is 2. The molecule has 27 heavy (non-hydrogen) atoms. The quantitative estimate of drug-likeness (QED) is 0.709. The lowest BCUT2D eigenvalue weighted by Gasteiger charge is -2.29. The molecule has 138 valence electrons. The number of benzene rings is 2. The van der Waals surface area contributed by atoms with Crippen LogP contribution in [0.25, 0.3) is 0 Å². The Morgan fingerprint density at radius 1 is 1.07 bits per heavy atom. The summed E-state index contributed by atoms with van der Waals surface area (Å²) in [5, 5.41) is 0. The molecule has 0 unspecified atom stereocenters. The molecule has 0 radical (unpaired) electrons. The van der Waals surface area contributed by atoms with Crippen LogP contribution in [0.3, 0.4) is 0 Å². The van der Waals surface area contributed by atoms with Crippen molar-refractivity contribution >= 4 is 17.5 Å². The van der Waals surface area contributed by atoms with E-state index in [1.54, 1.807) is 34.1 Å². The molecule has 0 saturated carbocycles. The standard InChI is InChI=1S/C22H22N2O3/c1-3-13-23(14-4-2)22(26)18-11-9-17(10-12-18)15-24-19-7-5-6-8-20(19)27-16-21(24)25/h3-12H,1-2,13-16H2. The maximum absolute atomic E-state index is 12.6. The summed E-state index contributed by atoms with van der Waals surface area (Å²) in [5.41, 5.74) is 2.30. The van der Waals surface area contributed by atoms with Crippen molar-refractivity contribution in [3.05, 3.63) is 85.0 Å². The van der Waals surface area contributed by atoms with Crippen LogP contribution in [0.1, 0.15) is 15.9 Å². The van der Waals surface area contributed by atoms with Gasteiger partial charge in [0.2, 0.25) is 0 Å². The van der Waals surface area contributed by atoms with E-state index >= 15 is 0 Å². The van der Waals surface area contributed by atoms with Gasteiger partial charge in [-0.15, -0.1) is 13.2 Å². The van der Waals surface area contributed by atoms with Crippen molar-refractivity contribution in [2.24, 2.45) is 0 Å². The first-order chi connectivity index (χ1) is 13.1. The first-order valence-corrected chi connectivity index (χ1v) is 8.76. The Balaban J connectivity index is 1.76. The number of amides is 2. The molecule has 0 bridgehead atoms. The molecule has 0 atom stereocenters. The number of carbonyl (C=O) groups excluding carboxylic acids is 2. The Morgan fingerprint density at radius 3 is 2.41 bits per heavy atom. The third-order valence-corrected chi connectivity index (χ3v) is 4.34. The Kier molecular flexibility index (Phi) is 5.71. The van der Waals surface area contributed by atoms with E-state index in [1.807, 2.05) is 36.4 Å². The van der Waals surface area contributed by atoms with Gasteiger partial charge in [-0.3, -0.25) is 9.59 Å². The van der Waals surface area contributed by atoms with E-state index in [9.17, 15) is 9.59 Å². The van der Waals surface area contributed by atoms with E-state index in [0.717, 1.165) is 11.3 Å². The smallest absolute Gasteiger partial charge is 0.265 e. The van der Waals surface area contributed by atoms with Crippen LogP contribution in [0.2, 0.25) is 0 Å². The molecule has 0 aromatic heterocycles. The first-order valence-electron chi connectivity index (χ1n) is 8.76. The molecular formula is C22H22N2O3. The zero-order valence-electron chi connectivity index (χ0n) is 15.1. The molecule has 0 fully saturated rings. The van der Waals surface area contributed by atoms with Crippen molar-refractivity contribution in [2.75, 3.05) is 24.6 Å². The Morgan fingerprint density at radius 2 is 1.74 bits per heavy atom. The Bertz CT molecular complexity index is 848. The monoisotopic (exact) mass is 362 g/mol. The van der Waals surface area contributed by atoms with Gasteiger partial charge in [0.15, 0.2) is 6.61 Å². The predicted molar refractivity (Wildman–Crippen MR) is 106 cm³/mol. The largest absolute Gasteiger partial charge is 0.482 e. The van der Waals surface area contributed by atoms with Gasteiger partial charge in [0, 0.05) is 18.7 Å². The zero-order valence-corrected chi connectivity index (χ0v) is 15.1. The normalized spacial score (nSPS) is 12.7. The SMILES string of the molecule is C=CCN(CC=C)C(=O)c1ccc(CN2C(=O)COc3ccccc32)cc1.